The Hall–Kier alpha value is -1.85. The zero-order chi connectivity index (χ0) is 15.9. The Morgan fingerprint density at radius 2 is 1.95 bits per heavy atom. The second-order valence-electron chi connectivity index (χ2n) is 4.47. The lowest BCUT2D eigenvalue weighted by Gasteiger charge is -2.08. The molecule has 0 aromatic heterocycles. The van der Waals surface area contributed by atoms with Gasteiger partial charge >= 0.3 is 0 Å². The van der Waals surface area contributed by atoms with E-state index in [2.05, 4.69) is 5.32 Å². The minimum Gasteiger partial charge on any atom is -0.495 e. The van der Waals surface area contributed by atoms with Crippen molar-refractivity contribution in [3.63, 3.8) is 0 Å². The van der Waals surface area contributed by atoms with Crippen LogP contribution in [-0.4, -0.2) is 29.5 Å². The Morgan fingerprint density at radius 3 is 2.64 bits per heavy atom. The summed E-state index contributed by atoms with van der Waals surface area (Å²) in [5, 5.41) is 3.19. The molecule has 0 aliphatic rings. The van der Waals surface area contributed by atoms with Gasteiger partial charge in [-0.1, -0.05) is 29.8 Å². The number of benzene rings is 2. The molecule has 4 nitrogen and oxygen atoms in total. The number of carbonyl (C=O) groups is 1. The summed E-state index contributed by atoms with van der Waals surface area (Å²) in [7, 11) is 0.366. The Balaban J connectivity index is 1.89. The van der Waals surface area contributed by atoms with Crippen LogP contribution >= 0.6 is 11.6 Å². The molecule has 1 N–H and O–H groups in total. The standard InChI is InChI=1S/C16H16ClNO3S/c1-21-15-11-12(7-8-14(15)17)16(19)18-9-10-22(20)13-5-3-2-4-6-13/h2-8,11H,9-10H2,1H3,(H,18,19)/t22-/m1/s1. The molecule has 116 valence electrons. The third-order valence-electron chi connectivity index (χ3n) is 2.99. The van der Waals surface area contributed by atoms with Crippen LogP contribution in [0.2, 0.25) is 5.02 Å². The van der Waals surface area contributed by atoms with E-state index in [9.17, 15) is 9.00 Å². The quantitative estimate of drug-likeness (QED) is 0.881. The Bertz CT molecular complexity index is 676. The molecule has 0 spiro atoms. The van der Waals surface area contributed by atoms with E-state index in [4.69, 9.17) is 16.3 Å². The average molecular weight is 338 g/mol. The summed E-state index contributed by atoms with van der Waals surface area (Å²) in [6.07, 6.45) is 0. The normalized spacial score (nSPS) is 11.7. The second-order valence-corrected chi connectivity index (χ2v) is 6.45. The predicted molar refractivity (Wildman–Crippen MR) is 88.1 cm³/mol. The smallest absolute Gasteiger partial charge is 0.251 e. The van der Waals surface area contributed by atoms with Crippen molar-refractivity contribution in [3.8, 4) is 5.75 Å². The van der Waals surface area contributed by atoms with Gasteiger partial charge in [-0.05, 0) is 30.3 Å². The molecule has 2 aromatic rings. The summed E-state index contributed by atoms with van der Waals surface area (Å²) in [6, 6.07) is 14.0. The lowest BCUT2D eigenvalue weighted by Crippen LogP contribution is -2.27. The first-order valence-corrected chi connectivity index (χ1v) is 8.36. The van der Waals surface area contributed by atoms with Crippen molar-refractivity contribution in [3.05, 3.63) is 59.1 Å². The third kappa shape index (κ3) is 4.32. The SMILES string of the molecule is COc1cc(C(=O)NCC[S@@](=O)c2ccccc2)ccc1Cl. The topological polar surface area (TPSA) is 55.4 Å². The van der Waals surface area contributed by atoms with Crippen LogP contribution in [0.5, 0.6) is 5.75 Å². The van der Waals surface area contributed by atoms with Gasteiger partial charge in [0.2, 0.25) is 0 Å². The minimum atomic E-state index is -1.13. The fourth-order valence-corrected chi connectivity index (χ4v) is 3.03. The van der Waals surface area contributed by atoms with Crippen LogP contribution in [0, 0.1) is 0 Å². The molecule has 1 atom stereocenters. The molecule has 0 unspecified atom stereocenters. The van der Waals surface area contributed by atoms with E-state index in [1.54, 1.807) is 18.2 Å². The zero-order valence-electron chi connectivity index (χ0n) is 12.0. The summed E-state index contributed by atoms with van der Waals surface area (Å²) < 4.78 is 17.1. The highest BCUT2D eigenvalue weighted by Gasteiger charge is 2.10. The zero-order valence-corrected chi connectivity index (χ0v) is 13.6. The van der Waals surface area contributed by atoms with Crippen LogP contribution < -0.4 is 10.1 Å². The van der Waals surface area contributed by atoms with Gasteiger partial charge in [0, 0.05) is 22.8 Å². The maximum atomic E-state index is 12.0. The first kappa shape index (κ1) is 16.5. The Labute approximate surface area is 136 Å². The number of ether oxygens (including phenoxy) is 1. The molecule has 0 heterocycles. The molecule has 2 aromatic carbocycles. The molecule has 22 heavy (non-hydrogen) atoms. The molecule has 6 heteroatoms. The predicted octanol–water partition coefficient (Wildman–Crippen LogP) is 2.89. The monoisotopic (exact) mass is 337 g/mol. The number of nitrogens with one attached hydrogen (secondary N) is 1. The second kappa shape index (κ2) is 7.96. The van der Waals surface area contributed by atoms with Crippen molar-refractivity contribution in [1.29, 1.82) is 0 Å². The summed E-state index contributed by atoms with van der Waals surface area (Å²) in [5.74, 6) is 0.558. The summed E-state index contributed by atoms with van der Waals surface area (Å²) >= 11 is 5.92. The van der Waals surface area contributed by atoms with E-state index in [0.717, 1.165) is 4.90 Å². The van der Waals surface area contributed by atoms with E-state index in [0.29, 0.717) is 28.6 Å². The molecule has 2 rings (SSSR count). The van der Waals surface area contributed by atoms with E-state index in [1.807, 2.05) is 30.3 Å². The van der Waals surface area contributed by atoms with Crippen molar-refractivity contribution < 1.29 is 13.7 Å². The van der Waals surface area contributed by atoms with Gasteiger partial charge < -0.3 is 10.1 Å². The molecular formula is C16H16ClNO3S. The highest BCUT2D eigenvalue weighted by atomic mass is 35.5. The summed E-state index contributed by atoms with van der Waals surface area (Å²) in [5.41, 5.74) is 0.451. The third-order valence-corrected chi connectivity index (χ3v) is 4.68. The highest BCUT2D eigenvalue weighted by molar-refractivity contribution is 7.85. The van der Waals surface area contributed by atoms with Crippen molar-refractivity contribution >= 4 is 28.3 Å². The first-order valence-electron chi connectivity index (χ1n) is 6.67. The largest absolute Gasteiger partial charge is 0.495 e. The van der Waals surface area contributed by atoms with Crippen molar-refractivity contribution in [2.24, 2.45) is 0 Å². The molecule has 0 fully saturated rings. The Morgan fingerprint density at radius 1 is 1.23 bits per heavy atom. The lowest BCUT2D eigenvalue weighted by atomic mass is 10.2. The molecule has 0 bridgehead atoms. The number of rotatable bonds is 6. The number of halogens is 1. The summed E-state index contributed by atoms with van der Waals surface area (Å²) in [6.45, 7) is 0.325. The Kier molecular flexibility index (Phi) is 5.98. The van der Waals surface area contributed by atoms with Crippen molar-refractivity contribution in [2.75, 3.05) is 19.4 Å². The molecule has 0 saturated heterocycles. The van der Waals surface area contributed by atoms with E-state index in [-0.39, 0.29) is 5.91 Å². The molecule has 1 amide bonds. The molecule has 0 radical (unpaired) electrons. The first-order chi connectivity index (χ1) is 10.6. The molecule has 0 saturated carbocycles. The highest BCUT2D eigenvalue weighted by Crippen LogP contribution is 2.24. The van der Waals surface area contributed by atoms with Crippen LogP contribution in [0.3, 0.4) is 0 Å². The number of carbonyl (C=O) groups excluding carboxylic acids is 1. The maximum absolute atomic E-state index is 12.0. The maximum Gasteiger partial charge on any atom is 0.251 e. The van der Waals surface area contributed by atoms with Gasteiger partial charge in [-0.2, -0.15) is 0 Å². The van der Waals surface area contributed by atoms with Crippen LogP contribution in [-0.2, 0) is 10.8 Å². The van der Waals surface area contributed by atoms with Crippen molar-refractivity contribution in [2.45, 2.75) is 4.90 Å². The van der Waals surface area contributed by atoms with Crippen LogP contribution in [0.1, 0.15) is 10.4 Å². The van der Waals surface area contributed by atoms with Gasteiger partial charge in [-0.15, -0.1) is 0 Å². The van der Waals surface area contributed by atoms with Gasteiger partial charge in [-0.25, -0.2) is 0 Å². The molecule has 0 aliphatic heterocycles. The molecule has 0 aliphatic carbocycles. The number of amides is 1. The van der Waals surface area contributed by atoms with E-state index >= 15 is 0 Å². The number of hydrogen-bond acceptors (Lipinski definition) is 3. The van der Waals surface area contributed by atoms with E-state index in [1.165, 1.54) is 7.11 Å². The van der Waals surface area contributed by atoms with Crippen LogP contribution in [0.15, 0.2) is 53.4 Å². The van der Waals surface area contributed by atoms with Crippen molar-refractivity contribution in [1.82, 2.24) is 5.32 Å². The van der Waals surface area contributed by atoms with Gasteiger partial charge in [0.25, 0.3) is 5.91 Å². The van der Waals surface area contributed by atoms with Crippen LogP contribution in [0.25, 0.3) is 0 Å². The fourth-order valence-electron chi connectivity index (χ4n) is 1.85. The van der Waals surface area contributed by atoms with Gasteiger partial charge in [0.15, 0.2) is 0 Å². The minimum absolute atomic E-state index is 0.250. The number of hydrogen-bond donors (Lipinski definition) is 1. The van der Waals surface area contributed by atoms with E-state index < -0.39 is 10.8 Å². The van der Waals surface area contributed by atoms with Gasteiger partial charge in [0.1, 0.15) is 5.75 Å². The lowest BCUT2D eigenvalue weighted by molar-refractivity contribution is 0.0956. The molecular weight excluding hydrogens is 322 g/mol. The van der Waals surface area contributed by atoms with Crippen LogP contribution in [0.4, 0.5) is 0 Å². The van der Waals surface area contributed by atoms with Gasteiger partial charge in [-0.3, -0.25) is 9.00 Å². The van der Waals surface area contributed by atoms with Gasteiger partial charge in [0.05, 0.1) is 22.9 Å². The average Bonchev–Trinajstić information content (AvgIpc) is 2.55. The summed E-state index contributed by atoms with van der Waals surface area (Å²) in [4.78, 5) is 12.8. The number of methoxy groups -OCH3 is 1. The fraction of sp³-hybridized carbons (Fsp3) is 0.188.